The molecule has 1 aromatic rings. The van der Waals surface area contributed by atoms with Gasteiger partial charge in [0.15, 0.2) is 0 Å². The van der Waals surface area contributed by atoms with Crippen LogP contribution in [0.25, 0.3) is 0 Å². The van der Waals surface area contributed by atoms with E-state index in [1.165, 1.54) is 0 Å². The number of amides is 1. The van der Waals surface area contributed by atoms with Crippen molar-refractivity contribution in [3.05, 3.63) is 33.8 Å². The van der Waals surface area contributed by atoms with Crippen LogP contribution < -0.4 is 5.32 Å². The van der Waals surface area contributed by atoms with Gasteiger partial charge in [-0.2, -0.15) is 0 Å². The molecule has 1 heterocycles. The first-order valence-electron chi connectivity index (χ1n) is 7.08. The number of benzene rings is 1. The number of ether oxygens (including phenoxy) is 1. The van der Waals surface area contributed by atoms with Gasteiger partial charge >= 0.3 is 0 Å². The molecule has 1 aliphatic heterocycles. The number of nitrogens with zero attached hydrogens (tertiary/aromatic N) is 1. The molecule has 1 aromatic carbocycles. The Kier molecular flexibility index (Phi) is 6.30. The molecule has 0 aromatic heterocycles. The summed E-state index contributed by atoms with van der Waals surface area (Å²) in [7, 11) is 1.63. The Morgan fingerprint density at radius 3 is 2.90 bits per heavy atom. The molecule has 1 unspecified atom stereocenters. The van der Waals surface area contributed by atoms with Crippen molar-refractivity contribution in [2.24, 2.45) is 0 Å². The molecule has 116 valence electrons. The predicted molar refractivity (Wildman–Crippen MR) is 85.3 cm³/mol. The lowest BCUT2D eigenvalue weighted by Gasteiger charge is -2.26. The second-order valence-corrected chi connectivity index (χ2v) is 6.01. The van der Waals surface area contributed by atoms with E-state index in [1.807, 2.05) is 0 Å². The molecule has 1 saturated heterocycles. The van der Waals surface area contributed by atoms with Crippen LogP contribution in [-0.2, 0) is 4.74 Å². The normalized spacial score (nSPS) is 18.0. The number of carbonyl (C=O) groups excluding carboxylic acids is 1. The highest BCUT2D eigenvalue weighted by atomic mass is 35.5. The van der Waals surface area contributed by atoms with Crippen LogP contribution in [-0.4, -0.2) is 50.2 Å². The highest BCUT2D eigenvalue weighted by Gasteiger charge is 2.23. The summed E-state index contributed by atoms with van der Waals surface area (Å²) in [5.74, 6) is -0.0811. The second-order valence-electron chi connectivity index (χ2n) is 5.16. The minimum absolute atomic E-state index is 0.0811. The van der Waals surface area contributed by atoms with Gasteiger partial charge < -0.3 is 15.0 Å². The number of methoxy groups -OCH3 is 1. The van der Waals surface area contributed by atoms with Gasteiger partial charge in [-0.3, -0.25) is 4.79 Å². The van der Waals surface area contributed by atoms with Crippen molar-refractivity contribution in [2.75, 3.05) is 33.4 Å². The molecule has 1 fully saturated rings. The minimum Gasteiger partial charge on any atom is -0.383 e. The van der Waals surface area contributed by atoms with E-state index in [1.54, 1.807) is 30.2 Å². The molecule has 1 amide bonds. The Balaban J connectivity index is 2.11. The van der Waals surface area contributed by atoms with E-state index in [2.05, 4.69) is 5.32 Å². The molecular weight excluding hydrogens is 311 g/mol. The molecule has 0 bridgehead atoms. The van der Waals surface area contributed by atoms with Gasteiger partial charge in [0, 0.05) is 31.3 Å². The molecule has 4 nitrogen and oxygen atoms in total. The number of carbonyl (C=O) groups is 1. The first kappa shape index (κ1) is 16.6. The molecule has 2 rings (SSSR count). The molecule has 1 N–H and O–H groups in total. The number of hydrogen-bond donors (Lipinski definition) is 1. The summed E-state index contributed by atoms with van der Waals surface area (Å²) in [5.41, 5.74) is 0.482. The highest BCUT2D eigenvalue weighted by molar-refractivity contribution is 6.36. The molecule has 21 heavy (non-hydrogen) atoms. The minimum atomic E-state index is -0.0811. The van der Waals surface area contributed by atoms with Gasteiger partial charge in [-0.15, -0.1) is 0 Å². The molecular formula is C15H20Cl2N2O2. The predicted octanol–water partition coefficient (Wildman–Crippen LogP) is 2.83. The van der Waals surface area contributed by atoms with Gasteiger partial charge in [-0.1, -0.05) is 23.2 Å². The average molecular weight is 331 g/mol. The standard InChI is InChI=1S/C15H20Cl2N2O2/c1-21-8-7-19(10-12-3-2-6-18-12)15(20)13-5-4-11(16)9-14(13)17/h4-5,9,12,18H,2-3,6-8,10H2,1H3. The average Bonchev–Trinajstić information content (AvgIpc) is 2.95. The van der Waals surface area contributed by atoms with E-state index in [4.69, 9.17) is 27.9 Å². The molecule has 1 aliphatic rings. The summed E-state index contributed by atoms with van der Waals surface area (Å²) < 4.78 is 5.10. The monoisotopic (exact) mass is 330 g/mol. The summed E-state index contributed by atoms with van der Waals surface area (Å²) in [6.07, 6.45) is 2.24. The SMILES string of the molecule is COCCN(CC1CCCN1)C(=O)c1ccc(Cl)cc1Cl. The number of nitrogens with one attached hydrogen (secondary N) is 1. The maximum Gasteiger partial charge on any atom is 0.255 e. The van der Waals surface area contributed by atoms with Crippen molar-refractivity contribution in [1.29, 1.82) is 0 Å². The Morgan fingerprint density at radius 1 is 1.48 bits per heavy atom. The third kappa shape index (κ3) is 4.58. The van der Waals surface area contributed by atoms with Crippen LogP contribution in [0.1, 0.15) is 23.2 Å². The lowest BCUT2D eigenvalue weighted by molar-refractivity contribution is 0.0679. The lowest BCUT2D eigenvalue weighted by Crippen LogP contribution is -2.42. The second kappa shape index (κ2) is 7.99. The molecule has 0 aliphatic carbocycles. The van der Waals surface area contributed by atoms with Crippen LogP contribution in [0.15, 0.2) is 18.2 Å². The fourth-order valence-corrected chi connectivity index (χ4v) is 2.98. The van der Waals surface area contributed by atoms with Crippen LogP contribution in [0, 0.1) is 0 Å². The summed E-state index contributed by atoms with van der Waals surface area (Å²) in [5, 5.41) is 4.31. The quantitative estimate of drug-likeness (QED) is 0.872. The van der Waals surface area contributed by atoms with E-state index >= 15 is 0 Å². The van der Waals surface area contributed by atoms with Crippen LogP contribution in [0.5, 0.6) is 0 Å². The Morgan fingerprint density at radius 2 is 2.29 bits per heavy atom. The molecule has 6 heteroatoms. The van der Waals surface area contributed by atoms with Crippen LogP contribution in [0.3, 0.4) is 0 Å². The van der Waals surface area contributed by atoms with E-state index in [0.717, 1.165) is 19.4 Å². The van der Waals surface area contributed by atoms with Crippen LogP contribution in [0.4, 0.5) is 0 Å². The largest absolute Gasteiger partial charge is 0.383 e. The van der Waals surface area contributed by atoms with Crippen molar-refractivity contribution in [1.82, 2.24) is 10.2 Å². The third-order valence-electron chi connectivity index (χ3n) is 3.62. The maximum atomic E-state index is 12.7. The van der Waals surface area contributed by atoms with Crippen molar-refractivity contribution in [2.45, 2.75) is 18.9 Å². The van der Waals surface area contributed by atoms with E-state index < -0.39 is 0 Å². The van der Waals surface area contributed by atoms with Crippen molar-refractivity contribution >= 4 is 29.1 Å². The summed E-state index contributed by atoms with van der Waals surface area (Å²) in [6, 6.07) is 5.30. The Labute approximate surface area is 135 Å². The zero-order chi connectivity index (χ0) is 15.2. The zero-order valence-electron chi connectivity index (χ0n) is 12.1. The number of halogens is 2. The van der Waals surface area contributed by atoms with Crippen LogP contribution >= 0.6 is 23.2 Å². The van der Waals surface area contributed by atoms with Gasteiger partial charge in [-0.05, 0) is 37.6 Å². The van der Waals surface area contributed by atoms with Gasteiger partial charge in [0.05, 0.1) is 17.2 Å². The fraction of sp³-hybridized carbons (Fsp3) is 0.533. The summed E-state index contributed by atoms with van der Waals surface area (Å²) in [6.45, 7) is 2.73. The maximum absolute atomic E-state index is 12.7. The topological polar surface area (TPSA) is 41.6 Å². The van der Waals surface area contributed by atoms with E-state index in [-0.39, 0.29) is 5.91 Å². The van der Waals surface area contributed by atoms with Crippen LogP contribution in [0.2, 0.25) is 10.0 Å². The van der Waals surface area contributed by atoms with Crippen molar-refractivity contribution < 1.29 is 9.53 Å². The van der Waals surface area contributed by atoms with E-state index in [0.29, 0.717) is 41.3 Å². The lowest BCUT2D eigenvalue weighted by atomic mass is 10.1. The number of rotatable bonds is 6. The van der Waals surface area contributed by atoms with Gasteiger partial charge in [0.25, 0.3) is 5.91 Å². The van der Waals surface area contributed by atoms with Gasteiger partial charge in [0.2, 0.25) is 0 Å². The van der Waals surface area contributed by atoms with E-state index in [9.17, 15) is 4.79 Å². The molecule has 0 radical (unpaired) electrons. The number of hydrogen-bond acceptors (Lipinski definition) is 3. The Hall–Kier alpha value is -0.810. The molecule has 0 spiro atoms. The highest BCUT2D eigenvalue weighted by Crippen LogP contribution is 2.22. The van der Waals surface area contributed by atoms with Gasteiger partial charge in [0.1, 0.15) is 0 Å². The van der Waals surface area contributed by atoms with Crippen molar-refractivity contribution in [3.63, 3.8) is 0 Å². The summed E-state index contributed by atoms with van der Waals surface area (Å²) >= 11 is 12.0. The first-order chi connectivity index (χ1) is 10.1. The summed E-state index contributed by atoms with van der Waals surface area (Å²) in [4.78, 5) is 14.5. The smallest absolute Gasteiger partial charge is 0.255 e. The third-order valence-corrected chi connectivity index (χ3v) is 4.17. The molecule has 1 atom stereocenters. The molecule has 0 saturated carbocycles. The Bertz CT molecular complexity index is 491. The van der Waals surface area contributed by atoms with Gasteiger partial charge in [-0.25, -0.2) is 0 Å². The fourth-order valence-electron chi connectivity index (χ4n) is 2.49. The zero-order valence-corrected chi connectivity index (χ0v) is 13.6. The van der Waals surface area contributed by atoms with Crippen molar-refractivity contribution in [3.8, 4) is 0 Å². The first-order valence-corrected chi connectivity index (χ1v) is 7.84.